The second-order valence-electron chi connectivity index (χ2n) is 6.48. The molecule has 4 aromatic rings. The number of para-hydroxylation sites is 1. The van der Waals surface area contributed by atoms with E-state index in [1.165, 1.54) is 18.2 Å². The Bertz CT molecular complexity index is 1300. The first-order valence-electron chi connectivity index (χ1n) is 8.91. The van der Waals surface area contributed by atoms with Crippen LogP contribution in [-0.4, -0.2) is 15.7 Å². The Hall–Kier alpha value is -3.94. The Morgan fingerprint density at radius 3 is 2.23 bits per heavy atom. The van der Waals surface area contributed by atoms with Crippen LogP contribution in [0.1, 0.15) is 16.1 Å². The number of carbonyl (C=O) groups excluding carboxylic acids is 1. The van der Waals surface area contributed by atoms with E-state index in [1.807, 2.05) is 0 Å². The summed E-state index contributed by atoms with van der Waals surface area (Å²) in [6.45, 7) is 0. The second-order valence-corrected chi connectivity index (χ2v) is 6.48. The zero-order valence-electron chi connectivity index (χ0n) is 15.4. The molecule has 4 rings (SSSR count). The maximum atomic E-state index is 13.1. The second kappa shape index (κ2) is 7.47. The molecule has 30 heavy (non-hydrogen) atoms. The lowest BCUT2D eigenvalue weighted by atomic mass is 10.1. The van der Waals surface area contributed by atoms with Crippen LogP contribution in [0.15, 0.2) is 83.7 Å². The summed E-state index contributed by atoms with van der Waals surface area (Å²) in [6.07, 6.45) is -4.58. The highest BCUT2D eigenvalue weighted by atomic mass is 19.4. The van der Waals surface area contributed by atoms with Gasteiger partial charge in [-0.3, -0.25) is 9.59 Å². The molecule has 150 valence electrons. The Balaban J connectivity index is 1.89. The largest absolute Gasteiger partial charge is 0.416 e. The van der Waals surface area contributed by atoms with E-state index >= 15 is 0 Å². The Morgan fingerprint density at radius 1 is 0.867 bits per heavy atom. The van der Waals surface area contributed by atoms with Crippen molar-refractivity contribution in [3.05, 3.63) is 100 Å². The number of fused-ring (bicyclic) bond motifs is 1. The summed E-state index contributed by atoms with van der Waals surface area (Å²) in [7, 11) is 0. The Labute approximate surface area is 168 Å². The number of alkyl halides is 3. The van der Waals surface area contributed by atoms with Gasteiger partial charge in [-0.05, 0) is 36.4 Å². The van der Waals surface area contributed by atoms with Gasteiger partial charge in [-0.15, -0.1) is 0 Å². The van der Waals surface area contributed by atoms with Gasteiger partial charge in [0.05, 0.1) is 16.6 Å². The number of hydrogen-bond donors (Lipinski definition) is 1. The fourth-order valence-corrected chi connectivity index (χ4v) is 3.06. The molecule has 0 bridgehead atoms. The van der Waals surface area contributed by atoms with Gasteiger partial charge in [-0.1, -0.05) is 42.5 Å². The third kappa shape index (κ3) is 3.67. The lowest BCUT2D eigenvalue weighted by molar-refractivity contribution is -0.137. The van der Waals surface area contributed by atoms with Crippen LogP contribution < -0.4 is 10.9 Å². The molecule has 1 amide bonds. The number of nitrogens with one attached hydrogen (secondary N) is 1. The van der Waals surface area contributed by atoms with Crippen LogP contribution in [0.2, 0.25) is 0 Å². The molecule has 1 N–H and O–H groups in total. The first kappa shape index (κ1) is 19.4. The fraction of sp³-hybridized carbons (Fsp3) is 0.0455. The predicted molar refractivity (Wildman–Crippen MR) is 107 cm³/mol. The van der Waals surface area contributed by atoms with E-state index in [0.29, 0.717) is 11.1 Å². The summed E-state index contributed by atoms with van der Waals surface area (Å²) in [5.41, 5.74) is -1.19. The maximum absolute atomic E-state index is 13.1. The van der Waals surface area contributed by atoms with Gasteiger partial charge in [0.15, 0.2) is 5.69 Å². The normalized spacial score (nSPS) is 11.4. The Kier molecular flexibility index (Phi) is 4.83. The van der Waals surface area contributed by atoms with Crippen molar-refractivity contribution < 1.29 is 18.0 Å². The number of halogens is 3. The summed E-state index contributed by atoms with van der Waals surface area (Å²) in [5.74, 6) is -0.585. The SMILES string of the molecule is O=C(Nc1ccccc1)c1nn(-c2cccc(C(F)(F)F)c2)c(=O)c2ccccc12. The van der Waals surface area contributed by atoms with Crippen LogP contribution in [0, 0.1) is 0 Å². The van der Waals surface area contributed by atoms with Crippen molar-refractivity contribution in [1.82, 2.24) is 9.78 Å². The molecule has 0 aliphatic heterocycles. The quantitative estimate of drug-likeness (QED) is 0.536. The number of anilines is 1. The molecule has 0 unspecified atom stereocenters. The lowest BCUT2D eigenvalue weighted by Gasteiger charge is -2.13. The molecule has 0 atom stereocenters. The van der Waals surface area contributed by atoms with Crippen molar-refractivity contribution in [3.63, 3.8) is 0 Å². The topological polar surface area (TPSA) is 64.0 Å². The van der Waals surface area contributed by atoms with Gasteiger partial charge in [0.1, 0.15) is 0 Å². The summed E-state index contributed by atoms with van der Waals surface area (Å²) < 4.78 is 40.2. The standard InChI is InChI=1S/C22H14F3N3O2/c23-22(24,25)14-7-6-10-16(13-14)28-21(30)18-12-5-4-11-17(18)19(27-28)20(29)26-15-8-2-1-3-9-15/h1-13H,(H,26,29). The number of aromatic nitrogens is 2. The summed E-state index contributed by atoms with van der Waals surface area (Å²) in [5, 5.41) is 7.28. The molecular weight excluding hydrogens is 395 g/mol. The third-order valence-corrected chi connectivity index (χ3v) is 4.47. The number of nitrogens with zero attached hydrogens (tertiary/aromatic N) is 2. The number of benzene rings is 3. The molecule has 0 radical (unpaired) electrons. The van der Waals surface area contributed by atoms with E-state index < -0.39 is 23.2 Å². The Morgan fingerprint density at radius 2 is 1.53 bits per heavy atom. The van der Waals surface area contributed by atoms with Gasteiger partial charge in [0, 0.05) is 11.1 Å². The molecular formula is C22H14F3N3O2. The zero-order valence-corrected chi connectivity index (χ0v) is 15.4. The molecule has 0 aliphatic rings. The van der Waals surface area contributed by atoms with E-state index in [-0.39, 0.29) is 16.8 Å². The number of rotatable bonds is 3. The van der Waals surface area contributed by atoms with Crippen LogP contribution in [0.3, 0.4) is 0 Å². The third-order valence-electron chi connectivity index (χ3n) is 4.47. The van der Waals surface area contributed by atoms with E-state index in [1.54, 1.807) is 48.5 Å². The van der Waals surface area contributed by atoms with Crippen molar-refractivity contribution >= 4 is 22.4 Å². The van der Waals surface area contributed by atoms with Crippen LogP contribution >= 0.6 is 0 Å². The van der Waals surface area contributed by atoms with Crippen LogP contribution in [0.4, 0.5) is 18.9 Å². The van der Waals surface area contributed by atoms with Crippen molar-refractivity contribution in [1.29, 1.82) is 0 Å². The van der Waals surface area contributed by atoms with E-state index in [9.17, 15) is 22.8 Å². The van der Waals surface area contributed by atoms with Crippen LogP contribution in [0.5, 0.6) is 0 Å². The fourth-order valence-electron chi connectivity index (χ4n) is 3.06. The molecule has 1 heterocycles. The predicted octanol–water partition coefficient (Wildman–Crippen LogP) is 4.66. The highest BCUT2D eigenvalue weighted by Crippen LogP contribution is 2.30. The molecule has 0 fully saturated rings. The molecule has 3 aromatic carbocycles. The van der Waals surface area contributed by atoms with Crippen molar-refractivity contribution in [2.45, 2.75) is 6.18 Å². The van der Waals surface area contributed by atoms with E-state index in [2.05, 4.69) is 10.4 Å². The highest BCUT2D eigenvalue weighted by molar-refractivity contribution is 6.11. The van der Waals surface area contributed by atoms with Gasteiger partial charge in [-0.25, -0.2) is 0 Å². The van der Waals surface area contributed by atoms with Crippen LogP contribution in [0.25, 0.3) is 16.5 Å². The first-order valence-corrected chi connectivity index (χ1v) is 8.91. The van der Waals surface area contributed by atoms with Crippen molar-refractivity contribution in [2.75, 3.05) is 5.32 Å². The van der Waals surface area contributed by atoms with Gasteiger partial charge >= 0.3 is 6.18 Å². The minimum absolute atomic E-state index is 0.0773. The summed E-state index contributed by atoms with van der Waals surface area (Å²) >= 11 is 0. The molecule has 8 heteroatoms. The molecule has 0 saturated carbocycles. The number of carbonyl (C=O) groups is 1. The van der Waals surface area contributed by atoms with Gasteiger partial charge in [0.2, 0.25) is 0 Å². The lowest BCUT2D eigenvalue weighted by Crippen LogP contribution is -2.26. The number of hydrogen-bond acceptors (Lipinski definition) is 3. The van der Waals surface area contributed by atoms with E-state index in [4.69, 9.17) is 0 Å². The average molecular weight is 409 g/mol. The van der Waals surface area contributed by atoms with Gasteiger partial charge < -0.3 is 5.32 Å². The van der Waals surface area contributed by atoms with Gasteiger partial charge in [0.25, 0.3) is 11.5 Å². The first-order chi connectivity index (χ1) is 14.3. The van der Waals surface area contributed by atoms with Crippen LogP contribution in [-0.2, 0) is 6.18 Å². The minimum Gasteiger partial charge on any atom is -0.321 e. The minimum atomic E-state index is -4.58. The maximum Gasteiger partial charge on any atom is 0.416 e. The highest BCUT2D eigenvalue weighted by Gasteiger charge is 2.31. The molecule has 0 aliphatic carbocycles. The molecule has 5 nitrogen and oxygen atoms in total. The zero-order chi connectivity index (χ0) is 21.3. The average Bonchev–Trinajstić information content (AvgIpc) is 2.74. The molecule has 0 spiro atoms. The van der Waals surface area contributed by atoms with E-state index in [0.717, 1.165) is 16.8 Å². The van der Waals surface area contributed by atoms with Gasteiger partial charge in [-0.2, -0.15) is 23.0 Å². The summed E-state index contributed by atoms with van der Waals surface area (Å²) in [4.78, 5) is 25.8. The number of amides is 1. The van der Waals surface area contributed by atoms with Crippen molar-refractivity contribution in [2.24, 2.45) is 0 Å². The molecule has 0 saturated heterocycles. The molecule has 1 aromatic heterocycles. The smallest absolute Gasteiger partial charge is 0.321 e. The summed E-state index contributed by atoms with van der Waals surface area (Å²) in [6, 6.07) is 19.2. The monoisotopic (exact) mass is 409 g/mol. The van der Waals surface area contributed by atoms with Crippen molar-refractivity contribution in [3.8, 4) is 5.69 Å².